The van der Waals surface area contributed by atoms with Crippen LogP contribution in [0.25, 0.3) is 0 Å². The topological polar surface area (TPSA) is 45.8 Å². The third-order valence-electron chi connectivity index (χ3n) is 2.77. The van der Waals surface area contributed by atoms with Crippen molar-refractivity contribution in [2.24, 2.45) is 0 Å². The zero-order chi connectivity index (χ0) is 11.7. The van der Waals surface area contributed by atoms with Gasteiger partial charge in [-0.3, -0.25) is 4.90 Å². The van der Waals surface area contributed by atoms with E-state index in [2.05, 4.69) is 21.6 Å². The molecule has 0 atom stereocenters. The highest BCUT2D eigenvalue weighted by atomic mass is 32.1. The summed E-state index contributed by atoms with van der Waals surface area (Å²) < 4.78 is 10.6. The van der Waals surface area contributed by atoms with Crippen LogP contribution in [-0.4, -0.2) is 30.1 Å². The summed E-state index contributed by atoms with van der Waals surface area (Å²) in [6.45, 7) is 2.69. The van der Waals surface area contributed by atoms with Gasteiger partial charge in [0.05, 0.1) is 13.3 Å². The van der Waals surface area contributed by atoms with E-state index in [9.17, 15) is 0 Å². The molecule has 0 spiro atoms. The van der Waals surface area contributed by atoms with E-state index in [-0.39, 0.29) is 0 Å². The summed E-state index contributed by atoms with van der Waals surface area (Å²) >= 11 is 5.00. The molecule has 1 aromatic rings. The number of rotatable bonds is 2. The fourth-order valence-corrected chi connectivity index (χ4v) is 2.02. The Morgan fingerprint density at radius 3 is 2.76 bits per heavy atom. The first-order chi connectivity index (χ1) is 8.31. The molecule has 2 heterocycles. The van der Waals surface area contributed by atoms with Crippen LogP contribution in [0.2, 0.25) is 0 Å². The van der Waals surface area contributed by atoms with Gasteiger partial charge in [-0.25, -0.2) is 0 Å². The van der Waals surface area contributed by atoms with Gasteiger partial charge in [-0.15, -0.1) is 0 Å². The zero-order valence-corrected chi connectivity index (χ0v) is 10.0. The van der Waals surface area contributed by atoms with Crippen molar-refractivity contribution in [1.29, 1.82) is 0 Å². The van der Waals surface area contributed by atoms with Gasteiger partial charge in [-0.05, 0) is 29.9 Å². The molecule has 5 nitrogen and oxygen atoms in total. The monoisotopic (exact) mass is 251 g/mol. The van der Waals surface area contributed by atoms with Crippen molar-refractivity contribution in [2.75, 3.05) is 20.1 Å². The van der Waals surface area contributed by atoms with Crippen LogP contribution in [0.5, 0.6) is 11.5 Å². The van der Waals surface area contributed by atoms with Crippen molar-refractivity contribution < 1.29 is 9.47 Å². The van der Waals surface area contributed by atoms with Crippen molar-refractivity contribution in [1.82, 2.24) is 15.5 Å². The number of ether oxygens (including phenoxy) is 2. The molecule has 2 aliphatic rings. The predicted octanol–water partition coefficient (Wildman–Crippen LogP) is 0.610. The molecule has 0 amide bonds. The maximum absolute atomic E-state index is 5.35. The van der Waals surface area contributed by atoms with Gasteiger partial charge in [0, 0.05) is 6.54 Å². The molecular weight excluding hydrogens is 238 g/mol. The van der Waals surface area contributed by atoms with E-state index < -0.39 is 0 Å². The minimum Gasteiger partial charge on any atom is -0.454 e. The third-order valence-corrected chi connectivity index (χ3v) is 3.06. The summed E-state index contributed by atoms with van der Waals surface area (Å²) in [6, 6.07) is 6.03. The standard InChI is InChI=1S/C11H13N3O2S/c17-11-12-5-14(6-13-11)4-8-1-2-9-10(3-8)16-7-15-9/h1-3H,4-7H2,(H2,12,13,17). The van der Waals surface area contributed by atoms with Gasteiger partial charge in [-0.1, -0.05) is 6.07 Å². The molecule has 0 aliphatic carbocycles. The molecule has 2 N–H and O–H groups in total. The second-order valence-electron chi connectivity index (χ2n) is 4.02. The summed E-state index contributed by atoms with van der Waals surface area (Å²) in [5.41, 5.74) is 1.20. The number of thiocarbonyl (C=S) groups is 1. The van der Waals surface area contributed by atoms with E-state index in [4.69, 9.17) is 21.7 Å². The summed E-state index contributed by atoms with van der Waals surface area (Å²) in [7, 11) is 0. The molecule has 90 valence electrons. The van der Waals surface area contributed by atoms with Crippen LogP contribution in [0, 0.1) is 0 Å². The lowest BCUT2D eigenvalue weighted by Gasteiger charge is -2.29. The average Bonchev–Trinajstić information content (AvgIpc) is 2.79. The maximum Gasteiger partial charge on any atom is 0.231 e. The van der Waals surface area contributed by atoms with Crippen LogP contribution in [0.1, 0.15) is 5.56 Å². The van der Waals surface area contributed by atoms with Gasteiger partial charge in [0.2, 0.25) is 6.79 Å². The van der Waals surface area contributed by atoms with E-state index in [1.807, 2.05) is 12.1 Å². The number of hydrogen-bond donors (Lipinski definition) is 2. The van der Waals surface area contributed by atoms with Crippen molar-refractivity contribution in [3.63, 3.8) is 0 Å². The third kappa shape index (κ3) is 2.27. The molecule has 0 radical (unpaired) electrons. The molecule has 0 aromatic heterocycles. The van der Waals surface area contributed by atoms with Crippen LogP contribution in [-0.2, 0) is 6.54 Å². The summed E-state index contributed by atoms with van der Waals surface area (Å²) in [5, 5.41) is 6.90. The Hall–Kier alpha value is -1.53. The van der Waals surface area contributed by atoms with Crippen LogP contribution in [0.3, 0.4) is 0 Å². The fraction of sp³-hybridized carbons (Fsp3) is 0.364. The molecule has 17 heavy (non-hydrogen) atoms. The van der Waals surface area contributed by atoms with E-state index in [1.54, 1.807) is 0 Å². The molecule has 0 saturated carbocycles. The van der Waals surface area contributed by atoms with Gasteiger partial charge in [0.25, 0.3) is 0 Å². The lowest BCUT2D eigenvalue weighted by molar-refractivity contribution is 0.174. The van der Waals surface area contributed by atoms with Gasteiger partial charge in [0.1, 0.15) is 0 Å². The lowest BCUT2D eigenvalue weighted by atomic mass is 10.2. The maximum atomic E-state index is 5.35. The van der Waals surface area contributed by atoms with E-state index >= 15 is 0 Å². The molecule has 3 rings (SSSR count). The molecule has 0 unspecified atom stereocenters. The smallest absolute Gasteiger partial charge is 0.231 e. The quantitative estimate of drug-likeness (QED) is 0.751. The minimum atomic E-state index is 0.319. The number of hydrogen-bond acceptors (Lipinski definition) is 4. The first-order valence-corrected chi connectivity index (χ1v) is 5.85. The normalized spacial score (nSPS) is 18.7. The van der Waals surface area contributed by atoms with Gasteiger partial charge in [0.15, 0.2) is 16.6 Å². The first-order valence-electron chi connectivity index (χ1n) is 5.44. The van der Waals surface area contributed by atoms with E-state index in [0.717, 1.165) is 31.4 Å². The van der Waals surface area contributed by atoms with Crippen molar-refractivity contribution >= 4 is 17.3 Å². The molecule has 0 bridgehead atoms. The average molecular weight is 251 g/mol. The molecule has 2 aliphatic heterocycles. The zero-order valence-electron chi connectivity index (χ0n) is 9.23. The number of benzene rings is 1. The van der Waals surface area contributed by atoms with E-state index in [1.165, 1.54) is 5.56 Å². The Morgan fingerprint density at radius 2 is 1.94 bits per heavy atom. The van der Waals surface area contributed by atoms with Crippen LogP contribution in [0.4, 0.5) is 0 Å². The van der Waals surface area contributed by atoms with Crippen LogP contribution >= 0.6 is 12.2 Å². The second-order valence-corrected chi connectivity index (χ2v) is 4.42. The van der Waals surface area contributed by atoms with Crippen LogP contribution in [0.15, 0.2) is 18.2 Å². The number of nitrogens with one attached hydrogen (secondary N) is 2. The van der Waals surface area contributed by atoms with Crippen molar-refractivity contribution in [3.8, 4) is 11.5 Å². The second kappa shape index (κ2) is 4.38. The first kappa shape index (κ1) is 10.6. The minimum absolute atomic E-state index is 0.319. The molecule has 6 heteroatoms. The predicted molar refractivity (Wildman–Crippen MR) is 66.7 cm³/mol. The molecule has 1 fully saturated rings. The molecule has 1 saturated heterocycles. The Kier molecular flexibility index (Phi) is 2.74. The highest BCUT2D eigenvalue weighted by molar-refractivity contribution is 7.80. The lowest BCUT2D eigenvalue weighted by Crippen LogP contribution is -2.53. The molecule has 1 aromatic carbocycles. The number of fused-ring (bicyclic) bond motifs is 1. The largest absolute Gasteiger partial charge is 0.454 e. The van der Waals surface area contributed by atoms with Gasteiger partial charge < -0.3 is 20.1 Å². The van der Waals surface area contributed by atoms with Gasteiger partial charge >= 0.3 is 0 Å². The SMILES string of the molecule is S=C1NCN(Cc2ccc3c(c2)OCO3)CN1. The highest BCUT2D eigenvalue weighted by Gasteiger charge is 2.16. The van der Waals surface area contributed by atoms with Crippen molar-refractivity contribution in [2.45, 2.75) is 6.54 Å². The summed E-state index contributed by atoms with van der Waals surface area (Å²) in [4.78, 5) is 2.22. The Labute approximate surface area is 105 Å². The Balaban J connectivity index is 1.67. The summed E-state index contributed by atoms with van der Waals surface area (Å²) in [6.07, 6.45) is 0. The number of nitrogens with zero attached hydrogens (tertiary/aromatic N) is 1. The molecular formula is C11H13N3O2S. The summed E-state index contributed by atoms with van der Waals surface area (Å²) in [5.74, 6) is 1.65. The van der Waals surface area contributed by atoms with Gasteiger partial charge in [-0.2, -0.15) is 0 Å². The van der Waals surface area contributed by atoms with E-state index in [0.29, 0.717) is 11.9 Å². The van der Waals surface area contributed by atoms with Crippen LogP contribution < -0.4 is 20.1 Å². The Morgan fingerprint density at radius 1 is 1.18 bits per heavy atom. The Bertz CT molecular complexity index is 442. The highest BCUT2D eigenvalue weighted by Crippen LogP contribution is 2.32. The van der Waals surface area contributed by atoms with Crippen molar-refractivity contribution in [3.05, 3.63) is 23.8 Å². The fourth-order valence-electron chi connectivity index (χ4n) is 1.89.